The maximum absolute atomic E-state index is 4.65. The molecule has 0 saturated heterocycles. The molecule has 0 aliphatic carbocycles. The second-order valence-electron chi connectivity index (χ2n) is 4.81. The van der Waals surface area contributed by atoms with Crippen LogP contribution in [0.1, 0.15) is 5.56 Å². The van der Waals surface area contributed by atoms with Gasteiger partial charge in [0.25, 0.3) is 0 Å². The minimum atomic E-state index is 0.659. The predicted molar refractivity (Wildman–Crippen MR) is 81.7 cm³/mol. The van der Waals surface area contributed by atoms with E-state index in [1.165, 1.54) is 0 Å². The Bertz CT molecular complexity index is 777. The average Bonchev–Trinajstić information content (AvgIpc) is 2.94. The fourth-order valence-electron chi connectivity index (χ4n) is 2.10. The molecule has 0 atom stereocenters. The number of nitrogens with one attached hydrogen (secondary N) is 1. The zero-order valence-electron chi connectivity index (χ0n) is 12.2. The van der Waals surface area contributed by atoms with Crippen LogP contribution < -0.4 is 5.32 Å². The van der Waals surface area contributed by atoms with E-state index in [9.17, 15) is 0 Å². The minimum Gasteiger partial charge on any atom is -0.373 e. The van der Waals surface area contributed by atoms with Crippen LogP contribution in [0.5, 0.6) is 0 Å². The summed E-state index contributed by atoms with van der Waals surface area (Å²) in [6.45, 7) is 2.02. The van der Waals surface area contributed by atoms with Gasteiger partial charge in [-0.25, -0.2) is 9.97 Å². The fourth-order valence-corrected chi connectivity index (χ4v) is 2.10. The SMILES string of the molecule is CNc1cc(-c2cnn(C)c2)nc(-c2cnccc2C)n1. The summed E-state index contributed by atoms with van der Waals surface area (Å²) in [5.41, 5.74) is 3.81. The summed E-state index contributed by atoms with van der Waals surface area (Å²) < 4.78 is 1.76. The molecule has 0 aliphatic heterocycles. The standard InChI is InChI=1S/C15H16N6/c1-10-4-5-17-8-12(10)15-19-13(6-14(16-2)20-15)11-7-18-21(3)9-11/h4-9H,1-3H3,(H,16,19,20). The van der Waals surface area contributed by atoms with Crippen molar-refractivity contribution in [3.05, 3.63) is 42.5 Å². The van der Waals surface area contributed by atoms with Gasteiger partial charge in [-0.15, -0.1) is 0 Å². The van der Waals surface area contributed by atoms with E-state index < -0.39 is 0 Å². The molecule has 6 nitrogen and oxygen atoms in total. The van der Waals surface area contributed by atoms with Gasteiger partial charge < -0.3 is 5.32 Å². The first-order chi connectivity index (χ1) is 10.2. The first-order valence-corrected chi connectivity index (χ1v) is 6.64. The number of pyridine rings is 1. The van der Waals surface area contributed by atoms with Gasteiger partial charge in [-0.3, -0.25) is 9.67 Å². The Morgan fingerprint density at radius 1 is 1.19 bits per heavy atom. The van der Waals surface area contributed by atoms with Gasteiger partial charge in [0.1, 0.15) is 5.82 Å². The van der Waals surface area contributed by atoms with E-state index in [-0.39, 0.29) is 0 Å². The zero-order valence-corrected chi connectivity index (χ0v) is 12.2. The molecule has 3 rings (SSSR count). The van der Waals surface area contributed by atoms with E-state index >= 15 is 0 Å². The molecule has 0 aliphatic rings. The number of hydrogen-bond acceptors (Lipinski definition) is 5. The summed E-state index contributed by atoms with van der Waals surface area (Å²) >= 11 is 0. The van der Waals surface area contributed by atoms with Crippen LogP contribution in [0.15, 0.2) is 36.9 Å². The van der Waals surface area contributed by atoms with Crippen molar-refractivity contribution < 1.29 is 0 Å². The van der Waals surface area contributed by atoms with E-state index in [4.69, 9.17) is 0 Å². The smallest absolute Gasteiger partial charge is 0.163 e. The number of nitrogens with zero attached hydrogens (tertiary/aromatic N) is 5. The number of hydrogen-bond donors (Lipinski definition) is 1. The van der Waals surface area contributed by atoms with E-state index in [0.29, 0.717) is 5.82 Å². The third-order valence-corrected chi connectivity index (χ3v) is 3.26. The maximum Gasteiger partial charge on any atom is 0.163 e. The van der Waals surface area contributed by atoms with Crippen molar-refractivity contribution in [3.8, 4) is 22.6 Å². The minimum absolute atomic E-state index is 0.659. The number of aromatic nitrogens is 5. The summed E-state index contributed by atoms with van der Waals surface area (Å²) in [7, 11) is 3.73. The molecule has 0 fully saturated rings. The second-order valence-corrected chi connectivity index (χ2v) is 4.81. The number of anilines is 1. The Labute approximate surface area is 122 Å². The topological polar surface area (TPSA) is 68.5 Å². The Hall–Kier alpha value is -2.76. The molecular formula is C15H16N6. The summed E-state index contributed by atoms with van der Waals surface area (Å²) in [5.74, 6) is 1.42. The normalized spacial score (nSPS) is 10.6. The number of rotatable bonds is 3. The van der Waals surface area contributed by atoms with Crippen molar-refractivity contribution in [2.45, 2.75) is 6.92 Å². The van der Waals surface area contributed by atoms with Gasteiger partial charge in [-0.05, 0) is 18.6 Å². The fraction of sp³-hybridized carbons (Fsp3) is 0.200. The van der Waals surface area contributed by atoms with Crippen molar-refractivity contribution in [3.63, 3.8) is 0 Å². The molecule has 3 aromatic rings. The quantitative estimate of drug-likeness (QED) is 0.797. The molecule has 21 heavy (non-hydrogen) atoms. The van der Waals surface area contributed by atoms with Crippen LogP contribution in [0, 0.1) is 6.92 Å². The van der Waals surface area contributed by atoms with E-state index in [0.717, 1.165) is 28.2 Å². The summed E-state index contributed by atoms with van der Waals surface area (Å²) in [4.78, 5) is 13.3. The Morgan fingerprint density at radius 3 is 2.71 bits per heavy atom. The van der Waals surface area contributed by atoms with Gasteiger partial charge in [0.15, 0.2) is 5.82 Å². The molecule has 0 amide bonds. The van der Waals surface area contributed by atoms with Gasteiger partial charge in [0, 0.05) is 49.9 Å². The molecule has 1 N–H and O–H groups in total. The second kappa shape index (κ2) is 5.32. The molecule has 3 heterocycles. The molecule has 0 radical (unpaired) electrons. The number of aryl methyl sites for hydroxylation is 2. The Morgan fingerprint density at radius 2 is 2.05 bits per heavy atom. The summed E-state index contributed by atoms with van der Waals surface area (Å²) in [6, 6.07) is 3.86. The highest BCUT2D eigenvalue weighted by Gasteiger charge is 2.11. The van der Waals surface area contributed by atoms with Crippen molar-refractivity contribution in [2.75, 3.05) is 12.4 Å². The molecule has 0 saturated carbocycles. The van der Waals surface area contributed by atoms with Crippen LogP contribution >= 0.6 is 0 Å². The van der Waals surface area contributed by atoms with Crippen LogP contribution in [-0.2, 0) is 7.05 Å². The molecule has 0 bridgehead atoms. The lowest BCUT2D eigenvalue weighted by atomic mass is 10.1. The van der Waals surface area contributed by atoms with Crippen molar-refractivity contribution in [1.29, 1.82) is 0 Å². The van der Waals surface area contributed by atoms with Crippen LogP contribution in [0.2, 0.25) is 0 Å². The lowest BCUT2D eigenvalue weighted by molar-refractivity contribution is 0.768. The zero-order chi connectivity index (χ0) is 14.8. The predicted octanol–water partition coefficient (Wildman–Crippen LogP) is 2.29. The molecule has 3 aromatic heterocycles. The lowest BCUT2D eigenvalue weighted by Gasteiger charge is -2.08. The third-order valence-electron chi connectivity index (χ3n) is 3.26. The summed E-state index contributed by atoms with van der Waals surface area (Å²) in [6.07, 6.45) is 7.28. The molecule has 6 heteroatoms. The van der Waals surface area contributed by atoms with Crippen LogP contribution in [-0.4, -0.2) is 31.8 Å². The first-order valence-electron chi connectivity index (χ1n) is 6.64. The van der Waals surface area contributed by atoms with Gasteiger partial charge in [-0.2, -0.15) is 5.10 Å². The average molecular weight is 280 g/mol. The third kappa shape index (κ3) is 2.60. The van der Waals surface area contributed by atoms with Gasteiger partial charge in [0.05, 0.1) is 11.9 Å². The Balaban J connectivity index is 2.16. The molecule has 106 valence electrons. The van der Waals surface area contributed by atoms with Crippen molar-refractivity contribution in [2.24, 2.45) is 7.05 Å². The lowest BCUT2D eigenvalue weighted by Crippen LogP contribution is -1.99. The van der Waals surface area contributed by atoms with Gasteiger partial charge in [-0.1, -0.05) is 0 Å². The van der Waals surface area contributed by atoms with E-state index in [1.807, 2.05) is 39.3 Å². The monoisotopic (exact) mass is 280 g/mol. The van der Waals surface area contributed by atoms with Crippen LogP contribution in [0.4, 0.5) is 5.82 Å². The highest BCUT2D eigenvalue weighted by Crippen LogP contribution is 2.25. The highest BCUT2D eigenvalue weighted by molar-refractivity contribution is 5.67. The van der Waals surface area contributed by atoms with Gasteiger partial charge in [0.2, 0.25) is 0 Å². The summed E-state index contributed by atoms with van der Waals surface area (Å²) in [5, 5.41) is 7.27. The largest absolute Gasteiger partial charge is 0.373 e. The molecule has 0 aromatic carbocycles. The van der Waals surface area contributed by atoms with E-state index in [1.54, 1.807) is 23.3 Å². The molecule has 0 spiro atoms. The van der Waals surface area contributed by atoms with Crippen molar-refractivity contribution >= 4 is 5.82 Å². The van der Waals surface area contributed by atoms with Crippen molar-refractivity contribution in [1.82, 2.24) is 24.7 Å². The highest BCUT2D eigenvalue weighted by atomic mass is 15.2. The van der Waals surface area contributed by atoms with Crippen LogP contribution in [0.3, 0.4) is 0 Å². The maximum atomic E-state index is 4.65. The van der Waals surface area contributed by atoms with E-state index in [2.05, 4.69) is 25.4 Å². The Kier molecular flexibility index (Phi) is 3.35. The first kappa shape index (κ1) is 13.2. The molecule has 0 unspecified atom stereocenters. The van der Waals surface area contributed by atoms with Gasteiger partial charge >= 0.3 is 0 Å². The molecular weight excluding hydrogens is 264 g/mol. The van der Waals surface area contributed by atoms with Crippen LogP contribution in [0.25, 0.3) is 22.6 Å².